The number of rotatable bonds is 7. The van der Waals surface area contributed by atoms with Crippen molar-refractivity contribution >= 4 is 16.0 Å². The Morgan fingerprint density at radius 2 is 1.60 bits per heavy atom. The third-order valence-corrected chi connectivity index (χ3v) is 3.79. The molecule has 2 nitrogen and oxygen atoms in total. The Morgan fingerprint density at radius 3 is 2.05 bits per heavy atom. The average Bonchev–Trinajstić information content (AvgIpc) is 2.32. The summed E-state index contributed by atoms with van der Waals surface area (Å²) in [4.78, 5) is 9.64. The van der Waals surface area contributed by atoms with E-state index in [0.717, 1.165) is 12.1 Å². The van der Waals surface area contributed by atoms with Gasteiger partial charge in [-0.25, -0.2) is 0 Å². The number of hydrogen-bond acceptors (Lipinski definition) is 2. The molecule has 1 aromatic carbocycles. The molecule has 0 spiro atoms. The van der Waals surface area contributed by atoms with Crippen LogP contribution in [0.3, 0.4) is 0 Å². The van der Waals surface area contributed by atoms with E-state index in [1.54, 1.807) is 0 Å². The Balaban J connectivity index is 2.75. The van der Waals surface area contributed by atoms with Crippen LogP contribution in [0.1, 0.15) is 29.6 Å². The zero-order chi connectivity index (χ0) is 15.5. The van der Waals surface area contributed by atoms with Crippen molar-refractivity contribution in [2.75, 3.05) is 13.7 Å². The first-order chi connectivity index (χ1) is 8.94. The Kier molecular flexibility index (Phi) is 4.22. The SMILES string of the molecule is COCCCCC(=O)c1ccc(S(F)(F)(F)(F)F)cc1. The van der Waals surface area contributed by atoms with Crippen LogP contribution in [0.4, 0.5) is 19.4 Å². The van der Waals surface area contributed by atoms with Gasteiger partial charge in [0.25, 0.3) is 0 Å². The fraction of sp³-hybridized carbons (Fsp3) is 0.417. The molecule has 0 heterocycles. The quantitative estimate of drug-likeness (QED) is 0.385. The molecule has 0 aliphatic heterocycles. The van der Waals surface area contributed by atoms with Gasteiger partial charge in [-0.1, -0.05) is 19.4 Å². The smallest absolute Gasteiger partial charge is 0.310 e. The fourth-order valence-corrected chi connectivity index (χ4v) is 2.22. The molecule has 0 saturated carbocycles. The third-order valence-electron chi connectivity index (χ3n) is 2.62. The lowest BCUT2D eigenvalue weighted by atomic mass is 10.1. The lowest BCUT2D eigenvalue weighted by Gasteiger charge is -2.40. The number of methoxy groups -OCH3 is 1. The molecule has 0 unspecified atom stereocenters. The zero-order valence-corrected chi connectivity index (χ0v) is 11.6. The van der Waals surface area contributed by atoms with Crippen LogP contribution in [-0.4, -0.2) is 19.5 Å². The molecule has 0 radical (unpaired) electrons. The summed E-state index contributed by atoms with van der Waals surface area (Å²) in [7, 11) is -8.14. The second-order valence-corrected chi connectivity index (χ2v) is 6.78. The van der Waals surface area contributed by atoms with Crippen LogP contribution in [0.15, 0.2) is 29.2 Å². The van der Waals surface area contributed by atoms with Crippen molar-refractivity contribution in [3.63, 3.8) is 0 Å². The van der Waals surface area contributed by atoms with Crippen molar-refractivity contribution in [1.29, 1.82) is 0 Å². The van der Waals surface area contributed by atoms with E-state index in [1.807, 2.05) is 0 Å². The molecule has 0 aliphatic carbocycles. The first-order valence-electron chi connectivity index (χ1n) is 5.80. The highest BCUT2D eigenvalue weighted by Gasteiger charge is 2.65. The average molecular weight is 318 g/mol. The van der Waals surface area contributed by atoms with Crippen LogP contribution in [0.25, 0.3) is 0 Å². The molecule has 8 heteroatoms. The van der Waals surface area contributed by atoms with Crippen molar-refractivity contribution in [3.05, 3.63) is 29.8 Å². The first kappa shape index (κ1) is 16.9. The number of benzene rings is 1. The minimum absolute atomic E-state index is 0.00647. The zero-order valence-electron chi connectivity index (χ0n) is 10.8. The topological polar surface area (TPSA) is 26.3 Å². The second-order valence-electron chi connectivity index (χ2n) is 4.37. The minimum Gasteiger partial charge on any atom is -0.385 e. The monoisotopic (exact) mass is 318 g/mol. The van der Waals surface area contributed by atoms with E-state index in [-0.39, 0.29) is 29.9 Å². The van der Waals surface area contributed by atoms with Gasteiger partial charge in [-0.2, -0.15) is 0 Å². The molecule has 20 heavy (non-hydrogen) atoms. The van der Waals surface area contributed by atoms with Crippen molar-refractivity contribution in [3.8, 4) is 0 Å². The number of carbonyl (C=O) groups is 1. The molecule has 0 saturated heterocycles. The van der Waals surface area contributed by atoms with Gasteiger partial charge < -0.3 is 4.74 Å². The third kappa shape index (κ3) is 5.09. The molecular formula is C12H15F5O2S. The summed E-state index contributed by atoms with van der Waals surface area (Å²) in [6.45, 7) is 0.483. The maximum Gasteiger partial charge on any atom is 0.310 e. The molecule has 0 N–H and O–H groups in total. The number of Topliss-reactive ketones (excluding diaryl/α,β-unsaturated/α-hetero) is 1. The van der Waals surface area contributed by atoms with Crippen LogP contribution in [0.5, 0.6) is 0 Å². The van der Waals surface area contributed by atoms with Crippen molar-refractivity contribution in [2.45, 2.75) is 24.2 Å². The molecule has 0 amide bonds. The van der Waals surface area contributed by atoms with E-state index < -0.39 is 15.1 Å². The maximum absolute atomic E-state index is 12.5. The molecule has 0 bridgehead atoms. The Morgan fingerprint density at radius 1 is 1.05 bits per heavy atom. The summed E-state index contributed by atoms with van der Waals surface area (Å²) in [6, 6.07) is 2.08. The Hall–Kier alpha value is -1.15. The molecule has 116 valence electrons. The van der Waals surface area contributed by atoms with Crippen molar-refractivity contribution < 1.29 is 29.0 Å². The molecule has 1 rings (SSSR count). The van der Waals surface area contributed by atoms with E-state index >= 15 is 0 Å². The van der Waals surface area contributed by atoms with Gasteiger partial charge in [0.2, 0.25) is 0 Å². The summed E-state index contributed by atoms with van der Waals surface area (Å²) < 4.78 is 67.1. The number of halogens is 5. The van der Waals surface area contributed by atoms with Gasteiger partial charge in [0.15, 0.2) is 5.78 Å². The van der Waals surface area contributed by atoms with Gasteiger partial charge in [0, 0.05) is 25.7 Å². The van der Waals surface area contributed by atoms with Crippen molar-refractivity contribution in [1.82, 2.24) is 0 Å². The summed E-state index contributed by atoms with van der Waals surface area (Å²) >= 11 is 0. The van der Waals surface area contributed by atoms with Gasteiger partial charge in [0.1, 0.15) is 4.90 Å². The van der Waals surface area contributed by atoms with Crippen molar-refractivity contribution in [2.24, 2.45) is 0 Å². The number of hydrogen-bond donors (Lipinski definition) is 0. The number of ketones is 1. The van der Waals surface area contributed by atoms with Gasteiger partial charge in [-0.3, -0.25) is 4.79 Å². The second kappa shape index (κ2) is 5.00. The largest absolute Gasteiger partial charge is 0.385 e. The first-order valence-corrected chi connectivity index (χ1v) is 7.75. The van der Waals surface area contributed by atoms with Crippen LogP contribution >= 0.6 is 10.2 Å². The Bertz CT molecular complexity index is 480. The van der Waals surface area contributed by atoms with Crippen LogP contribution < -0.4 is 0 Å². The maximum atomic E-state index is 12.5. The highest BCUT2D eigenvalue weighted by molar-refractivity contribution is 8.45. The van der Waals surface area contributed by atoms with Crippen LogP contribution in [0, 0.1) is 0 Å². The van der Waals surface area contributed by atoms with Gasteiger partial charge in [0.05, 0.1) is 0 Å². The standard InChI is InChI=1S/C12H15F5O2S/c1-19-9-3-2-4-12(18)10-5-7-11(8-6-10)20(13,14,15,16)17/h5-8H,2-4,9H2,1H3. The van der Waals surface area contributed by atoms with Gasteiger partial charge in [-0.05, 0) is 37.1 Å². The van der Waals surface area contributed by atoms with E-state index in [2.05, 4.69) is 0 Å². The van der Waals surface area contributed by atoms with Gasteiger partial charge in [-0.15, -0.1) is 0 Å². The lowest BCUT2D eigenvalue weighted by molar-refractivity contribution is 0.0974. The normalized spacial score (nSPS) is 15.5. The lowest BCUT2D eigenvalue weighted by Crippen LogP contribution is -2.07. The fourth-order valence-electron chi connectivity index (χ4n) is 1.57. The van der Waals surface area contributed by atoms with Gasteiger partial charge >= 0.3 is 10.2 Å². The van der Waals surface area contributed by atoms with E-state index in [1.165, 1.54) is 7.11 Å². The van der Waals surface area contributed by atoms with Crippen LogP contribution in [0.2, 0.25) is 0 Å². The summed E-state index contributed by atoms with van der Waals surface area (Å²) in [5.74, 6) is -0.380. The highest BCUT2D eigenvalue weighted by atomic mass is 32.5. The summed E-state index contributed by atoms with van der Waals surface area (Å²) in [5.41, 5.74) is -0.00647. The molecule has 1 aromatic rings. The molecule has 0 atom stereocenters. The predicted octanol–water partition coefficient (Wildman–Crippen LogP) is 5.34. The summed E-state index contributed by atoms with van der Waals surface area (Å²) in [6.07, 6.45) is 1.31. The molecule has 0 fully saturated rings. The van der Waals surface area contributed by atoms with E-state index in [0.29, 0.717) is 19.4 Å². The molecule has 0 aromatic heterocycles. The van der Waals surface area contributed by atoms with E-state index in [9.17, 15) is 24.2 Å². The van der Waals surface area contributed by atoms with Crippen LogP contribution in [-0.2, 0) is 4.74 Å². The molecular weight excluding hydrogens is 303 g/mol. The number of carbonyl (C=O) groups excluding carboxylic acids is 1. The summed E-state index contributed by atoms with van der Waals surface area (Å²) in [5, 5.41) is 0. The predicted molar refractivity (Wildman–Crippen MR) is 67.9 cm³/mol. The van der Waals surface area contributed by atoms with E-state index in [4.69, 9.17) is 4.74 Å². The number of unbranched alkanes of at least 4 members (excludes halogenated alkanes) is 1. The minimum atomic E-state index is -9.66. The number of ether oxygens (including phenoxy) is 1. The molecule has 0 aliphatic rings. The Labute approximate surface area is 113 Å². The highest BCUT2D eigenvalue weighted by Crippen LogP contribution is 3.02.